The summed E-state index contributed by atoms with van der Waals surface area (Å²) in [6.45, 7) is 0. The largest absolute Gasteiger partial charge is 0.307 e. The van der Waals surface area contributed by atoms with Crippen LogP contribution in [0, 0.1) is 0 Å². The van der Waals surface area contributed by atoms with Crippen molar-refractivity contribution in [2.75, 3.05) is 0 Å². The van der Waals surface area contributed by atoms with Crippen LogP contribution in [0.5, 0.6) is 0 Å². The van der Waals surface area contributed by atoms with Gasteiger partial charge in [0.2, 0.25) is 0 Å². The average Bonchev–Trinajstić information content (AvgIpc) is 2.15. The lowest BCUT2D eigenvalue weighted by molar-refractivity contribution is 0.0985. The third kappa shape index (κ3) is 2.38. The van der Waals surface area contributed by atoms with Gasteiger partial charge < -0.3 is 5.73 Å². The van der Waals surface area contributed by atoms with Gasteiger partial charge in [-0.1, -0.05) is 30.3 Å². The highest BCUT2D eigenvalue weighted by molar-refractivity contribution is 7.87. The van der Waals surface area contributed by atoms with E-state index in [0.717, 1.165) is 0 Å². The minimum Gasteiger partial charge on any atom is -0.307 e. The van der Waals surface area contributed by atoms with Gasteiger partial charge in [-0.2, -0.15) is 8.42 Å². The fourth-order valence-corrected chi connectivity index (χ4v) is 1.31. The summed E-state index contributed by atoms with van der Waals surface area (Å²) < 4.78 is 29.7. The molecular formula is C8H9NO4S. The molecule has 0 aliphatic rings. The Morgan fingerprint density at radius 3 is 2.21 bits per heavy atom. The molecule has 0 spiro atoms. The quantitative estimate of drug-likeness (QED) is 0.548. The van der Waals surface area contributed by atoms with Gasteiger partial charge in [-0.3, -0.25) is 9.35 Å². The van der Waals surface area contributed by atoms with Crippen molar-refractivity contribution in [1.82, 2.24) is 0 Å². The number of hydrogen-bond acceptors (Lipinski definition) is 4. The standard InChI is InChI=1S/C8H9NO4S/c9-8(14(11,12)13)7(10)6-4-2-1-3-5-6/h1-5,8H,9H2,(H,11,12,13). The van der Waals surface area contributed by atoms with Gasteiger partial charge in [-0.25, -0.2) is 0 Å². The van der Waals surface area contributed by atoms with E-state index in [2.05, 4.69) is 0 Å². The van der Waals surface area contributed by atoms with Crippen LogP contribution in [0.15, 0.2) is 30.3 Å². The Morgan fingerprint density at radius 1 is 1.29 bits per heavy atom. The Hall–Kier alpha value is -1.24. The molecule has 0 aromatic heterocycles. The zero-order chi connectivity index (χ0) is 10.8. The first-order chi connectivity index (χ1) is 6.43. The van der Waals surface area contributed by atoms with E-state index in [1.54, 1.807) is 18.2 Å². The lowest BCUT2D eigenvalue weighted by atomic mass is 10.1. The highest BCUT2D eigenvalue weighted by Gasteiger charge is 2.27. The van der Waals surface area contributed by atoms with Crippen molar-refractivity contribution in [3.05, 3.63) is 35.9 Å². The van der Waals surface area contributed by atoms with E-state index < -0.39 is 21.3 Å². The molecular weight excluding hydrogens is 206 g/mol. The maximum atomic E-state index is 11.3. The average molecular weight is 215 g/mol. The summed E-state index contributed by atoms with van der Waals surface area (Å²) >= 11 is 0. The fourth-order valence-electron chi connectivity index (χ4n) is 0.902. The predicted octanol–water partition coefficient (Wildman–Crippen LogP) is 0.0419. The first-order valence-electron chi connectivity index (χ1n) is 3.74. The smallest absolute Gasteiger partial charge is 0.288 e. The second-order valence-corrected chi connectivity index (χ2v) is 4.20. The number of carbonyl (C=O) groups excluding carboxylic acids is 1. The van der Waals surface area contributed by atoms with Crippen LogP contribution in [-0.2, 0) is 10.1 Å². The van der Waals surface area contributed by atoms with Crippen LogP contribution >= 0.6 is 0 Å². The molecule has 76 valence electrons. The van der Waals surface area contributed by atoms with Gasteiger partial charge in [-0.05, 0) is 0 Å². The molecule has 0 fully saturated rings. The normalized spacial score (nSPS) is 13.6. The monoisotopic (exact) mass is 215 g/mol. The Balaban J connectivity index is 2.99. The first kappa shape index (κ1) is 10.8. The Bertz CT molecular complexity index is 426. The minimum atomic E-state index is -4.52. The van der Waals surface area contributed by atoms with E-state index in [-0.39, 0.29) is 5.56 Å². The van der Waals surface area contributed by atoms with Crippen LogP contribution < -0.4 is 5.73 Å². The molecule has 1 rings (SSSR count). The number of benzene rings is 1. The van der Waals surface area contributed by atoms with Crippen LogP contribution in [0.4, 0.5) is 0 Å². The molecule has 0 saturated heterocycles. The number of ketones is 1. The van der Waals surface area contributed by atoms with Crippen LogP contribution in [0.1, 0.15) is 10.4 Å². The van der Waals surface area contributed by atoms with Gasteiger partial charge in [0.05, 0.1) is 0 Å². The fraction of sp³-hybridized carbons (Fsp3) is 0.125. The van der Waals surface area contributed by atoms with Crippen LogP contribution in [0.2, 0.25) is 0 Å². The third-order valence-electron chi connectivity index (χ3n) is 1.64. The highest BCUT2D eigenvalue weighted by Crippen LogP contribution is 2.05. The lowest BCUT2D eigenvalue weighted by Crippen LogP contribution is -2.38. The molecule has 0 radical (unpaired) electrons. The van der Waals surface area contributed by atoms with Crippen molar-refractivity contribution >= 4 is 15.9 Å². The molecule has 0 heterocycles. The van der Waals surface area contributed by atoms with Crippen molar-refractivity contribution < 1.29 is 17.8 Å². The minimum absolute atomic E-state index is 0.151. The molecule has 0 aliphatic carbocycles. The van der Waals surface area contributed by atoms with Gasteiger partial charge in [0.25, 0.3) is 10.1 Å². The summed E-state index contributed by atoms with van der Waals surface area (Å²) in [6.07, 6.45) is 0. The number of Topliss-reactive ketones (excluding diaryl/α,β-unsaturated/α-hetero) is 1. The number of hydrogen-bond donors (Lipinski definition) is 2. The first-order valence-corrected chi connectivity index (χ1v) is 5.24. The zero-order valence-electron chi connectivity index (χ0n) is 7.12. The van der Waals surface area contributed by atoms with Gasteiger partial charge in [0, 0.05) is 5.56 Å². The number of rotatable bonds is 3. The van der Waals surface area contributed by atoms with Crippen molar-refractivity contribution in [2.45, 2.75) is 5.37 Å². The molecule has 0 amide bonds. The summed E-state index contributed by atoms with van der Waals surface area (Å²) in [7, 11) is -4.52. The van der Waals surface area contributed by atoms with Crippen molar-refractivity contribution in [3.8, 4) is 0 Å². The molecule has 1 aromatic carbocycles. The molecule has 0 saturated carbocycles. The summed E-state index contributed by atoms with van der Waals surface area (Å²) in [4.78, 5) is 11.3. The molecule has 1 aromatic rings. The summed E-state index contributed by atoms with van der Waals surface area (Å²) in [6, 6.07) is 7.67. The second kappa shape index (κ2) is 3.87. The van der Waals surface area contributed by atoms with E-state index in [1.165, 1.54) is 12.1 Å². The molecule has 0 aliphatic heterocycles. The molecule has 14 heavy (non-hydrogen) atoms. The van der Waals surface area contributed by atoms with E-state index in [4.69, 9.17) is 10.3 Å². The van der Waals surface area contributed by atoms with Gasteiger partial charge in [0.1, 0.15) is 0 Å². The molecule has 6 heteroatoms. The summed E-state index contributed by atoms with van der Waals surface area (Å²) in [5.74, 6) is -0.826. The summed E-state index contributed by atoms with van der Waals surface area (Å²) in [5.41, 5.74) is 5.19. The van der Waals surface area contributed by atoms with Crippen LogP contribution in [0.25, 0.3) is 0 Å². The Morgan fingerprint density at radius 2 is 1.79 bits per heavy atom. The molecule has 5 nitrogen and oxygen atoms in total. The predicted molar refractivity (Wildman–Crippen MR) is 50.3 cm³/mol. The van der Waals surface area contributed by atoms with E-state index >= 15 is 0 Å². The number of nitrogens with two attached hydrogens (primary N) is 1. The van der Waals surface area contributed by atoms with Gasteiger partial charge in [0.15, 0.2) is 11.2 Å². The van der Waals surface area contributed by atoms with Crippen molar-refractivity contribution in [3.63, 3.8) is 0 Å². The maximum absolute atomic E-state index is 11.3. The van der Waals surface area contributed by atoms with E-state index in [0.29, 0.717) is 0 Å². The Labute approximate surface area is 81.3 Å². The SMILES string of the molecule is NC(C(=O)c1ccccc1)S(=O)(=O)O. The zero-order valence-corrected chi connectivity index (χ0v) is 7.94. The van der Waals surface area contributed by atoms with Crippen LogP contribution in [0.3, 0.4) is 0 Å². The van der Waals surface area contributed by atoms with E-state index in [9.17, 15) is 13.2 Å². The molecule has 0 bridgehead atoms. The molecule has 3 N–H and O–H groups in total. The third-order valence-corrected chi connectivity index (χ3v) is 2.49. The Kier molecular flexibility index (Phi) is 3.00. The molecule has 1 atom stereocenters. The topological polar surface area (TPSA) is 97.5 Å². The van der Waals surface area contributed by atoms with Crippen molar-refractivity contribution in [2.24, 2.45) is 5.73 Å². The lowest BCUT2D eigenvalue weighted by Gasteiger charge is -2.06. The van der Waals surface area contributed by atoms with Crippen molar-refractivity contribution in [1.29, 1.82) is 0 Å². The second-order valence-electron chi connectivity index (χ2n) is 2.67. The van der Waals surface area contributed by atoms with Crippen LogP contribution in [-0.4, -0.2) is 24.1 Å². The van der Waals surface area contributed by atoms with Gasteiger partial charge in [-0.15, -0.1) is 0 Å². The summed E-state index contributed by atoms with van der Waals surface area (Å²) in [5, 5.41) is -1.91. The van der Waals surface area contributed by atoms with Gasteiger partial charge >= 0.3 is 0 Å². The van der Waals surface area contributed by atoms with E-state index in [1.807, 2.05) is 0 Å². The maximum Gasteiger partial charge on any atom is 0.288 e. The highest BCUT2D eigenvalue weighted by atomic mass is 32.2. The molecule has 1 unspecified atom stereocenters. The number of carbonyl (C=O) groups is 1.